The van der Waals surface area contributed by atoms with Gasteiger partial charge in [-0.15, -0.1) is 0 Å². The van der Waals surface area contributed by atoms with E-state index in [1.165, 1.54) is 29.0 Å². The maximum absolute atomic E-state index is 2.59. The molecule has 4 atom stereocenters. The Morgan fingerprint density at radius 2 is 1.29 bits per heavy atom. The molecule has 0 bridgehead atoms. The largest absolute Gasteiger partial charge is 1.00 e. The van der Waals surface area contributed by atoms with Gasteiger partial charge in [-0.2, -0.15) is 0 Å². The second-order valence-corrected chi connectivity index (χ2v) is 17.2. The van der Waals surface area contributed by atoms with Gasteiger partial charge in [-0.25, -0.2) is 0 Å². The second-order valence-electron chi connectivity index (χ2n) is 9.00. The summed E-state index contributed by atoms with van der Waals surface area (Å²) in [6, 6.07) is 31.9. The van der Waals surface area contributed by atoms with Crippen LogP contribution >= 0.6 is 7.92 Å². The van der Waals surface area contributed by atoms with Crippen LogP contribution in [-0.2, 0) is 22.9 Å². The topological polar surface area (TPSA) is 0 Å². The predicted molar refractivity (Wildman–Crippen MR) is 134 cm³/mol. The molecule has 170 valence electrons. The van der Waals surface area contributed by atoms with Crippen LogP contribution in [0.5, 0.6) is 0 Å². The van der Waals surface area contributed by atoms with E-state index in [-0.39, 0.29) is 24.8 Å². The Balaban J connectivity index is 0.00000137. The third-order valence-corrected chi connectivity index (χ3v) is 17.9. The van der Waals surface area contributed by atoms with Crippen molar-refractivity contribution in [3.63, 3.8) is 0 Å². The molecule has 4 unspecified atom stereocenters. The van der Waals surface area contributed by atoms with E-state index in [0.717, 1.165) is 15.5 Å². The van der Waals surface area contributed by atoms with Crippen molar-refractivity contribution in [3.8, 4) is 0 Å². The van der Waals surface area contributed by atoms with Gasteiger partial charge < -0.3 is 24.8 Å². The quantitative estimate of drug-likeness (QED) is 0.284. The van der Waals surface area contributed by atoms with Crippen molar-refractivity contribution in [2.75, 3.05) is 0 Å². The van der Waals surface area contributed by atoms with Crippen LogP contribution in [0.4, 0.5) is 0 Å². The standard InChI is InChI=1S/C21H16P.C9H11.2ClH.Hf/c1-3-11-19(12-4-1)22(20-13-5-2-6-14-20)21-15-17-9-7-8-10-18(17)16-21;1-2-5-9-7-3-6-8(9)4-1;;;/h1-16H;1-2,4-6,8-9H,3,7H2;2*1H;/q;;;;+2/p-2. The minimum atomic E-state index is -0.992. The molecule has 0 aliphatic heterocycles. The average Bonchev–Trinajstić information content (AvgIpc) is 3.43. The Bertz CT molecular complexity index is 1150. The molecular formula is C30H27Cl2HfP. The van der Waals surface area contributed by atoms with Gasteiger partial charge in [0.05, 0.1) is 0 Å². The maximum Gasteiger partial charge on any atom is -1.00 e. The molecule has 0 amide bonds. The fraction of sp³-hybridized carbons (Fsp3) is 0.200. The van der Waals surface area contributed by atoms with E-state index < -0.39 is 30.8 Å². The van der Waals surface area contributed by atoms with Crippen LogP contribution in [-0.4, -0.2) is 0 Å². The molecule has 4 heteroatoms. The molecule has 1 saturated carbocycles. The first-order valence-electron chi connectivity index (χ1n) is 11.7. The van der Waals surface area contributed by atoms with E-state index in [2.05, 4.69) is 115 Å². The minimum Gasteiger partial charge on any atom is -1.00 e. The van der Waals surface area contributed by atoms with Crippen LogP contribution in [0.2, 0.25) is 3.67 Å². The van der Waals surface area contributed by atoms with Crippen molar-refractivity contribution in [2.24, 2.45) is 11.8 Å². The minimum absolute atomic E-state index is 0. The van der Waals surface area contributed by atoms with Crippen LogP contribution in [0.3, 0.4) is 0 Å². The van der Waals surface area contributed by atoms with Crippen LogP contribution in [0.15, 0.2) is 115 Å². The number of hydrogen-bond acceptors (Lipinski definition) is 0. The van der Waals surface area contributed by atoms with Crippen LogP contribution in [0.1, 0.15) is 27.6 Å². The third kappa shape index (κ3) is 5.01. The number of fused-ring (bicyclic) bond motifs is 2. The summed E-state index contributed by atoms with van der Waals surface area (Å²) >= 11 is -0.992. The summed E-state index contributed by atoms with van der Waals surface area (Å²) in [6.45, 7) is 0. The SMILES string of the molecule is C1=CC2CC[CH]([Hf+2][CH]3C(P(c4ccccc4)c4ccccc4)=Cc4ccccc43)C2C=C1.[Cl-].[Cl-]. The summed E-state index contributed by atoms with van der Waals surface area (Å²) < 4.78 is 1.67. The number of hydrogen-bond donors (Lipinski definition) is 0. The fourth-order valence-corrected chi connectivity index (χ4v) is 17.5. The molecule has 6 rings (SSSR count). The Hall–Kier alpha value is -1.24. The molecule has 0 radical (unpaired) electrons. The third-order valence-electron chi connectivity index (χ3n) is 7.15. The van der Waals surface area contributed by atoms with Crippen LogP contribution < -0.4 is 35.4 Å². The van der Waals surface area contributed by atoms with E-state index in [1.54, 1.807) is 10.9 Å². The van der Waals surface area contributed by atoms with Gasteiger partial charge in [0.25, 0.3) is 0 Å². The predicted octanol–water partition coefficient (Wildman–Crippen LogP) is 1.25. The van der Waals surface area contributed by atoms with Gasteiger partial charge in [0, 0.05) is 0 Å². The number of rotatable bonds is 5. The molecule has 3 aromatic carbocycles. The van der Waals surface area contributed by atoms with E-state index in [9.17, 15) is 0 Å². The smallest absolute Gasteiger partial charge is 1.00 e. The van der Waals surface area contributed by atoms with Crippen molar-refractivity contribution < 1.29 is 47.7 Å². The van der Waals surface area contributed by atoms with Gasteiger partial charge in [0.1, 0.15) is 0 Å². The Morgan fingerprint density at radius 3 is 2.00 bits per heavy atom. The Morgan fingerprint density at radius 1 is 0.676 bits per heavy atom. The van der Waals surface area contributed by atoms with Crippen molar-refractivity contribution >= 4 is 24.6 Å². The molecule has 1 fully saturated rings. The molecule has 3 aliphatic rings. The van der Waals surface area contributed by atoms with E-state index in [0.29, 0.717) is 3.67 Å². The molecule has 3 aromatic rings. The maximum atomic E-state index is 2.59. The van der Waals surface area contributed by atoms with Crippen molar-refractivity contribution in [3.05, 3.63) is 126 Å². The molecule has 0 spiro atoms. The number of benzene rings is 3. The Labute approximate surface area is 228 Å². The number of halogens is 2. The zero-order valence-electron chi connectivity index (χ0n) is 18.9. The summed E-state index contributed by atoms with van der Waals surface area (Å²) in [5.74, 6) is 1.60. The monoisotopic (exact) mass is 668 g/mol. The molecule has 0 aromatic heterocycles. The van der Waals surface area contributed by atoms with Crippen molar-refractivity contribution in [1.82, 2.24) is 0 Å². The van der Waals surface area contributed by atoms with Crippen LogP contribution in [0, 0.1) is 11.8 Å². The van der Waals surface area contributed by atoms with Crippen LogP contribution in [0.25, 0.3) is 6.08 Å². The van der Waals surface area contributed by atoms with Gasteiger partial charge in [0.2, 0.25) is 0 Å². The van der Waals surface area contributed by atoms with E-state index >= 15 is 0 Å². The van der Waals surface area contributed by atoms with Crippen molar-refractivity contribution in [1.29, 1.82) is 0 Å². The summed E-state index contributed by atoms with van der Waals surface area (Å²) in [5.41, 5.74) is 3.11. The molecule has 34 heavy (non-hydrogen) atoms. The average molecular weight is 668 g/mol. The molecule has 0 N–H and O–H groups in total. The van der Waals surface area contributed by atoms with Gasteiger partial charge in [0.15, 0.2) is 0 Å². The summed E-state index contributed by atoms with van der Waals surface area (Å²) in [7, 11) is -0.499. The zero-order chi connectivity index (χ0) is 21.3. The molecule has 0 nitrogen and oxygen atoms in total. The first-order valence-corrected chi connectivity index (χ1v) is 17.2. The van der Waals surface area contributed by atoms with Gasteiger partial charge in [-0.05, 0) is 0 Å². The summed E-state index contributed by atoms with van der Waals surface area (Å²) in [6.07, 6.45) is 15.0. The Kier molecular flexibility index (Phi) is 8.86. The number of allylic oxidation sites excluding steroid dienone is 5. The fourth-order valence-electron chi connectivity index (χ4n) is 5.64. The van der Waals surface area contributed by atoms with Gasteiger partial charge >= 0.3 is 205 Å². The van der Waals surface area contributed by atoms with Crippen molar-refractivity contribution in [2.45, 2.75) is 20.2 Å². The molecular weight excluding hydrogens is 641 g/mol. The molecule has 0 heterocycles. The molecule has 0 saturated heterocycles. The summed E-state index contributed by atoms with van der Waals surface area (Å²) in [4.78, 5) is 0. The molecule has 3 aliphatic carbocycles. The second kappa shape index (κ2) is 11.7. The first-order chi connectivity index (χ1) is 15.9. The van der Waals surface area contributed by atoms with E-state index in [1.807, 2.05) is 0 Å². The van der Waals surface area contributed by atoms with E-state index in [4.69, 9.17) is 0 Å². The van der Waals surface area contributed by atoms with Gasteiger partial charge in [-0.3, -0.25) is 0 Å². The first kappa shape index (κ1) is 25.8. The van der Waals surface area contributed by atoms with Gasteiger partial charge in [-0.1, -0.05) is 0 Å². The zero-order valence-corrected chi connectivity index (χ0v) is 24.9. The normalized spacial score (nSPS) is 23.9. The summed E-state index contributed by atoms with van der Waals surface area (Å²) in [5, 5.41) is 4.71.